The summed E-state index contributed by atoms with van der Waals surface area (Å²) in [6.07, 6.45) is 4.78. The minimum Gasteiger partial charge on any atom is -0.467 e. The van der Waals surface area contributed by atoms with Gasteiger partial charge in [-0.25, -0.2) is 14.8 Å². The largest absolute Gasteiger partial charge is 0.467 e. The summed E-state index contributed by atoms with van der Waals surface area (Å²) >= 11 is 0. The molecule has 1 fully saturated rings. The highest BCUT2D eigenvalue weighted by Gasteiger charge is 2.35. The van der Waals surface area contributed by atoms with Gasteiger partial charge in [0.05, 0.1) is 12.6 Å². The number of hydrogen-bond acceptors (Lipinski definition) is 7. The molecule has 1 aromatic carbocycles. The number of amides is 1. The number of carbonyl (C=O) groups is 3. The van der Waals surface area contributed by atoms with Crippen molar-refractivity contribution in [2.75, 3.05) is 13.7 Å². The van der Waals surface area contributed by atoms with Crippen LogP contribution in [-0.2, 0) is 20.9 Å². The third kappa shape index (κ3) is 3.90. The van der Waals surface area contributed by atoms with Gasteiger partial charge < -0.3 is 9.64 Å². The fraction of sp³-hybridized carbons (Fsp3) is 0.364. The van der Waals surface area contributed by atoms with Crippen LogP contribution in [-0.4, -0.2) is 62.0 Å². The Morgan fingerprint density at radius 3 is 2.58 bits per heavy atom. The lowest BCUT2D eigenvalue weighted by atomic mass is 10.0. The number of Topliss-reactive ketones (excluding diaryl/α,β-unsaturated/α-hetero) is 1. The molecule has 3 heterocycles. The predicted octanol–water partition coefficient (Wildman–Crippen LogP) is 2.17. The first kappa shape index (κ1) is 20.6. The molecule has 160 valence electrons. The first-order valence-electron chi connectivity index (χ1n) is 10.1. The molecule has 9 nitrogen and oxygen atoms in total. The van der Waals surface area contributed by atoms with Gasteiger partial charge in [-0.05, 0) is 37.5 Å². The van der Waals surface area contributed by atoms with E-state index in [1.165, 1.54) is 23.6 Å². The van der Waals surface area contributed by atoms with E-state index in [1.54, 1.807) is 12.4 Å². The summed E-state index contributed by atoms with van der Waals surface area (Å²) < 4.78 is 6.35. The van der Waals surface area contributed by atoms with Crippen LogP contribution < -0.4 is 0 Å². The van der Waals surface area contributed by atoms with Crippen molar-refractivity contribution in [1.82, 2.24) is 24.6 Å². The van der Waals surface area contributed by atoms with E-state index < -0.39 is 12.0 Å². The predicted molar refractivity (Wildman–Crippen MR) is 112 cm³/mol. The smallest absolute Gasteiger partial charge is 0.328 e. The number of aromatic nitrogens is 4. The Labute approximate surface area is 179 Å². The summed E-state index contributed by atoms with van der Waals surface area (Å²) in [5, 5.41) is 5.07. The Morgan fingerprint density at radius 2 is 1.90 bits per heavy atom. The lowest BCUT2D eigenvalue weighted by molar-refractivity contribution is -0.151. The maximum absolute atomic E-state index is 12.9. The zero-order valence-corrected chi connectivity index (χ0v) is 17.7. The summed E-state index contributed by atoms with van der Waals surface area (Å²) in [5.41, 5.74) is 2.64. The van der Waals surface area contributed by atoms with E-state index in [9.17, 15) is 14.4 Å². The molecule has 3 aromatic rings. The third-order valence-electron chi connectivity index (χ3n) is 5.53. The molecule has 9 heteroatoms. The quantitative estimate of drug-likeness (QED) is 0.459. The number of aryl methyl sites for hydroxylation is 1. The van der Waals surface area contributed by atoms with Crippen molar-refractivity contribution in [3.05, 3.63) is 42.1 Å². The van der Waals surface area contributed by atoms with Crippen molar-refractivity contribution >= 4 is 28.6 Å². The SMILES string of the molecule is COC(=O)[C@@H]1CCCN1C(=O)Cn1nc(C(C)=O)c2cc(-c3cnc(C)nc3)ccc21. The molecule has 1 aliphatic heterocycles. The van der Waals surface area contributed by atoms with Gasteiger partial charge in [-0.15, -0.1) is 0 Å². The van der Waals surface area contributed by atoms with E-state index in [-0.39, 0.29) is 18.2 Å². The number of methoxy groups -OCH3 is 1. The number of rotatable bonds is 5. The van der Waals surface area contributed by atoms with Crippen molar-refractivity contribution in [1.29, 1.82) is 0 Å². The fourth-order valence-electron chi connectivity index (χ4n) is 3.95. The maximum atomic E-state index is 12.9. The standard InChI is InChI=1S/C22H23N5O4/c1-13(28)21-17-9-15(16-10-23-14(2)24-11-16)6-7-18(17)27(25-21)12-20(29)26-8-4-5-19(26)22(30)31-3/h6-7,9-11,19H,4-5,8,12H2,1-3H3/t19-/m0/s1. The number of ketones is 1. The zero-order chi connectivity index (χ0) is 22.1. The highest BCUT2D eigenvalue weighted by molar-refractivity contribution is 6.06. The number of nitrogens with zero attached hydrogens (tertiary/aromatic N) is 5. The van der Waals surface area contributed by atoms with E-state index >= 15 is 0 Å². The van der Waals surface area contributed by atoms with Gasteiger partial charge in [0.2, 0.25) is 5.91 Å². The third-order valence-corrected chi connectivity index (χ3v) is 5.53. The molecule has 0 radical (unpaired) electrons. The van der Waals surface area contributed by atoms with Crippen LogP contribution >= 0.6 is 0 Å². The number of benzene rings is 1. The maximum Gasteiger partial charge on any atom is 0.328 e. The van der Waals surface area contributed by atoms with Gasteiger partial charge in [0.1, 0.15) is 24.1 Å². The molecule has 0 bridgehead atoms. The van der Waals surface area contributed by atoms with Gasteiger partial charge in [0.15, 0.2) is 5.78 Å². The normalized spacial score (nSPS) is 16.0. The lowest BCUT2D eigenvalue weighted by Crippen LogP contribution is -2.42. The fourth-order valence-corrected chi connectivity index (χ4v) is 3.95. The van der Waals surface area contributed by atoms with Crippen LogP contribution in [0.3, 0.4) is 0 Å². The van der Waals surface area contributed by atoms with Crippen LogP contribution in [0.15, 0.2) is 30.6 Å². The molecule has 4 rings (SSSR count). The number of esters is 1. The van der Waals surface area contributed by atoms with Crippen LogP contribution in [0.25, 0.3) is 22.0 Å². The van der Waals surface area contributed by atoms with Crippen LogP contribution in [0.4, 0.5) is 0 Å². The number of hydrogen-bond donors (Lipinski definition) is 0. The Balaban J connectivity index is 1.68. The van der Waals surface area contributed by atoms with E-state index in [0.29, 0.717) is 35.4 Å². The van der Waals surface area contributed by atoms with E-state index in [1.807, 2.05) is 25.1 Å². The highest BCUT2D eigenvalue weighted by atomic mass is 16.5. The average molecular weight is 421 g/mol. The second-order valence-corrected chi connectivity index (χ2v) is 7.58. The Bertz CT molecular complexity index is 1170. The second-order valence-electron chi connectivity index (χ2n) is 7.58. The Kier molecular flexibility index (Phi) is 5.50. The molecule has 2 aromatic heterocycles. The lowest BCUT2D eigenvalue weighted by Gasteiger charge is -2.22. The average Bonchev–Trinajstić information content (AvgIpc) is 3.39. The van der Waals surface area contributed by atoms with E-state index in [2.05, 4.69) is 15.1 Å². The first-order chi connectivity index (χ1) is 14.9. The van der Waals surface area contributed by atoms with E-state index in [4.69, 9.17) is 4.74 Å². The van der Waals surface area contributed by atoms with Crippen molar-refractivity contribution in [3.8, 4) is 11.1 Å². The van der Waals surface area contributed by atoms with E-state index in [0.717, 1.165) is 17.5 Å². The Morgan fingerprint density at radius 1 is 1.16 bits per heavy atom. The van der Waals surface area contributed by atoms with Crippen LogP contribution in [0.2, 0.25) is 0 Å². The van der Waals surface area contributed by atoms with Crippen molar-refractivity contribution in [2.45, 2.75) is 39.3 Å². The molecule has 0 N–H and O–H groups in total. The van der Waals surface area contributed by atoms with Gasteiger partial charge in [0.25, 0.3) is 0 Å². The summed E-state index contributed by atoms with van der Waals surface area (Å²) in [6.45, 7) is 3.69. The zero-order valence-electron chi connectivity index (χ0n) is 17.7. The van der Waals surface area contributed by atoms with Crippen LogP contribution in [0, 0.1) is 6.92 Å². The summed E-state index contributed by atoms with van der Waals surface area (Å²) in [6, 6.07) is 5.01. The van der Waals surface area contributed by atoms with Gasteiger partial charge in [-0.3, -0.25) is 14.3 Å². The van der Waals surface area contributed by atoms with Gasteiger partial charge in [-0.1, -0.05) is 6.07 Å². The molecule has 0 aliphatic carbocycles. The highest BCUT2D eigenvalue weighted by Crippen LogP contribution is 2.27. The van der Waals surface area contributed by atoms with Crippen molar-refractivity contribution < 1.29 is 19.1 Å². The molecule has 0 unspecified atom stereocenters. The molecule has 1 amide bonds. The summed E-state index contributed by atoms with van der Waals surface area (Å²) in [5.74, 6) is -0.163. The van der Waals surface area contributed by atoms with Gasteiger partial charge >= 0.3 is 5.97 Å². The van der Waals surface area contributed by atoms with Crippen molar-refractivity contribution in [2.24, 2.45) is 0 Å². The number of ether oxygens (including phenoxy) is 1. The monoisotopic (exact) mass is 421 g/mol. The van der Waals surface area contributed by atoms with Gasteiger partial charge in [0, 0.05) is 36.8 Å². The van der Waals surface area contributed by atoms with Gasteiger partial charge in [-0.2, -0.15) is 5.10 Å². The molecular weight excluding hydrogens is 398 g/mol. The number of carbonyl (C=O) groups excluding carboxylic acids is 3. The molecule has 1 saturated heterocycles. The van der Waals surface area contributed by atoms with Crippen LogP contribution in [0.1, 0.15) is 36.1 Å². The first-order valence-corrected chi connectivity index (χ1v) is 10.1. The van der Waals surface area contributed by atoms with Crippen molar-refractivity contribution in [3.63, 3.8) is 0 Å². The molecule has 1 aliphatic rings. The number of likely N-dealkylation sites (tertiary alicyclic amines) is 1. The second kappa shape index (κ2) is 8.25. The Hall–Kier alpha value is -3.62. The number of fused-ring (bicyclic) bond motifs is 1. The summed E-state index contributed by atoms with van der Waals surface area (Å²) in [7, 11) is 1.32. The molecule has 31 heavy (non-hydrogen) atoms. The molecule has 0 saturated carbocycles. The minimum atomic E-state index is -0.570. The molecule has 0 spiro atoms. The molecule has 1 atom stereocenters. The van der Waals surface area contributed by atoms with Crippen LogP contribution in [0.5, 0.6) is 0 Å². The summed E-state index contributed by atoms with van der Waals surface area (Å²) in [4.78, 5) is 47.1. The molecular formula is C22H23N5O4. The minimum absolute atomic E-state index is 0.0652. The topological polar surface area (TPSA) is 107 Å².